The zero-order valence-corrected chi connectivity index (χ0v) is 37.6. The first kappa shape index (κ1) is 38.6. The number of rotatable bonds is 8. The molecule has 0 unspecified atom stereocenters. The molecule has 3 heteroatoms. The van der Waals surface area contributed by atoms with Crippen LogP contribution < -0.4 is 4.90 Å². The molecule has 2 heterocycles. The molecular weight excluding hydrogens is 835 g/mol. The van der Waals surface area contributed by atoms with Gasteiger partial charge in [-0.25, -0.2) is 0 Å². The van der Waals surface area contributed by atoms with Gasteiger partial charge in [-0.05, 0) is 146 Å². The molecule has 12 aromatic rings. The SMILES string of the molecule is C1=C(c2ccc(N(c3ccc(-c4ccc(-c5ccc6sc7ccccc7c6c5)cc4)cc3)c3ccc(-c4ccc(-c5ccc6sc7ccccc7c6c5)cc4)cc3)cc2)Cc2ccccc21. The van der Waals surface area contributed by atoms with Crippen LogP contribution >= 0.6 is 22.7 Å². The molecular formula is C63H41NS2. The lowest BCUT2D eigenvalue weighted by molar-refractivity contribution is 1.27. The van der Waals surface area contributed by atoms with Crippen molar-refractivity contribution in [1.29, 1.82) is 0 Å². The third-order valence-electron chi connectivity index (χ3n) is 13.4. The number of hydrogen-bond donors (Lipinski definition) is 0. The van der Waals surface area contributed by atoms with Crippen molar-refractivity contribution in [2.45, 2.75) is 6.42 Å². The molecule has 1 nitrogen and oxygen atoms in total. The summed E-state index contributed by atoms with van der Waals surface area (Å²) in [6.45, 7) is 0. The van der Waals surface area contributed by atoms with Crippen LogP contribution in [-0.2, 0) is 6.42 Å². The molecule has 10 aromatic carbocycles. The Morgan fingerprint density at radius 2 is 0.636 bits per heavy atom. The quantitative estimate of drug-likeness (QED) is 0.147. The maximum Gasteiger partial charge on any atom is 0.0462 e. The first-order chi connectivity index (χ1) is 32.6. The van der Waals surface area contributed by atoms with Crippen molar-refractivity contribution in [1.82, 2.24) is 0 Å². The number of nitrogens with zero attached hydrogens (tertiary/aromatic N) is 1. The second-order valence-electron chi connectivity index (χ2n) is 17.3. The van der Waals surface area contributed by atoms with E-state index >= 15 is 0 Å². The minimum atomic E-state index is 0.964. The summed E-state index contributed by atoms with van der Waals surface area (Å²) in [5.74, 6) is 0. The topological polar surface area (TPSA) is 3.24 Å². The Bertz CT molecular complexity index is 3600. The highest BCUT2D eigenvalue weighted by Crippen LogP contribution is 2.41. The van der Waals surface area contributed by atoms with Gasteiger partial charge in [0.05, 0.1) is 0 Å². The molecule has 0 atom stereocenters. The fourth-order valence-electron chi connectivity index (χ4n) is 9.86. The van der Waals surface area contributed by atoms with E-state index in [0.29, 0.717) is 0 Å². The summed E-state index contributed by atoms with van der Waals surface area (Å²) in [5.41, 5.74) is 18.4. The van der Waals surface area contributed by atoms with Crippen molar-refractivity contribution in [2.24, 2.45) is 0 Å². The summed E-state index contributed by atoms with van der Waals surface area (Å²) in [6.07, 6.45) is 3.30. The van der Waals surface area contributed by atoms with Crippen molar-refractivity contribution in [3.8, 4) is 44.5 Å². The lowest BCUT2D eigenvalue weighted by Gasteiger charge is -2.26. The number of hydrogen-bond acceptors (Lipinski definition) is 3. The van der Waals surface area contributed by atoms with Gasteiger partial charge in [-0.2, -0.15) is 0 Å². The third kappa shape index (κ3) is 6.92. The highest BCUT2D eigenvalue weighted by Gasteiger charge is 2.17. The van der Waals surface area contributed by atoms with E-state index in [4.69, 9.17) is 0 Å². The Balaban J connectivity index is 0.794. The number of benzene rings is 10. The van der Waals surface area contributed by atoms with E-state index in [-0.39, 0.29) is 0 Å². The first-order valence-corrected chi connectivity index (χ1v) is 24.2. The standard InChI is InChI=1S/C63H41NS2/c1-2-8-49-38-52(37-48(49)7-1)47-25-33-55(34-26-47)64(53-29-21-43(22-30-53)41-13-17-45(18-14-41)50-27-35-62-58(39-50)56-9-3-5-11-60(56)65-62)54-31-23-44(24-32-54)42-15-19-46(20-16-42)51-28-36-63-59(40-51)57-10-4-6-12-61(57)66-63/h1-37,39-40H,38H2. The third-order valence-corrected chi connectivity index (χ3v) is 15.7. The van der Waals surface area contributed by atoms with Crippen LogP contribution in [0.1, 0.15) is 16.7 Å². The Hall–Kier alpha value is -7.82. The van der Waals surface area contributed by atoms with Crippen LogP contribution in [0, 0.1) is 0 Å². The highest BCUT2D eigenvalue weighted by atomic mass is 32.1. The highest BCUT2D eigenvalue weighted by molar-refractivity contribution is 7.26. The Morgan fingerprint density at radius 1 is 0.288 bits per heavy atom. The van der Waals surface area contributed by atoms with Gasteiger partial charge in [0.25, 0.3) is 0 Å². The van der Waals surface area contributed by atoms with Crippen LogP contribution in [0.2, 0.25) is 0 Å². The molecule has 0 aliphatic heterocycles. The van der Waals surface area contributed by atoms with Crippen LogP contribution in [0.25, 0.3) is 96.5 Å². The minimum absolute atomic E-state index is 0.964. The van der Waals surface area contributed by atoms with Gasteiger partial charge in [0.1, 0.15) is 0 Å². The summed E-state index contributed by atoms with van der Waals surface area (Å²) >= 11 is 3.73. The number of allylic oxidation sites excluding steroid dienone is 1. The maximum atomic E-state index is 2.37. The molecule has 0 bridgehead atoms. The zero-order chi connectivity index (χ0) is 43.6. The fraction of sp³-hybridized carbons (Fsp3) is 0.0159. The van der Waals surface area contributed by atoms with Gasteiger partial charge in [-0.3, -0.25) is 0 Å². The molecule has 2 aromatic heterocycles. The fourth-order valence-corrected chi connectivity index (χ4v) is 12.0. The van der Waals surface area contributed by atoms with E-state index in [1.807, 2.05) is 22.7 Å². The number of anilines is 3. The van der Waals surface area contributed by atoms with Gasteiger partial charge in [-0.1, -0.05) is 164 Å². The molecule has 0 radical (unpaired) electrons. The smallest absolute Gasteiger partial charge is 0.0462 e. The van der Waals surface area contributed by atoms with Gasteiger partial charge in [0.15, 0.2) is 0 Å². The monoisotopic (exact) mass is 875 g/mol. The summed E-state index contributed by atoms with van der Waals surface area (Å²) in [4.78, 5) is 2.37. The average molecular weight is 876 g/mol. The van der Waals surface area contributed by atoms with E-state index in [1.54, 1.807) is 0 Å². The average Bonchev–Trinajstić information content (AvgIpc) is 4.11. The lowest BCUT2D eigenvalue weighted by atomic mass is 9.98. The summed E-state index contributed by atoms with van der Waals surface area (Å²) in [7, 11) is 0. The molecule has 0 spiro atoms. The summed E-state index contributed by atoms with van der Waals surface area (Å²) in [5, 5.41) is 5.32. The molecule has 0 saturated carbocycles. The molecule has 0 fully saturated rings. The van der Waals surface area contributed by atoms with E-state index in [9.17, 15) is 0 Å². The molecule has 0 N–H and O–H groups in total. The van der Waals surface area contributed by atoms with Crippen LogP contribution in [0.4, 0.5) is 17.1 Å². The molecule has 0 amide bonds. The zero-order valence-electron chi connectivity index (χ0n) is 36.0. The normalized spacial score (nSPS) is 12.3. The first-order valence-electron chi connectivity index (χ1n) is 22.6. The van der Waals surface area contributed by atoms with Crippen molar-refractivity contribution >= 4 is 91.7 Å². The Morgan fingerprint density at radius 3 is 1.09 bits per heavy atom. The summed E-state index contributed by atoms with van der Waals surface area (Å²) < 4.78 is 5.33. The Kier molecular flexibility index (Phi) is 9.37. The second-order valence-corrected chi connectivity index (χ2v) is 19.5. The van der Waals surface area contributed by atoms with Crippen molar-refractivity contribution in [3.63, 3.8) is 0 Å². The number of fused-ring (bicyclic) bond motifs is 7. The predicted molar refractivity (Wildman–Crippen MR) is 287 cm³/mol. The van der Waals surface area contributed by atoms with Crippen LogP contribution in [0.3, 0.4) is 0 Å². The van der Waals surface area contributed by atoms with E-state index in [0.717, 1.165) is 23.5 Å². The molecule has 13 rings (SSSR count). The van der Waals surface area contributed by atoms with Gasteiger partial charge in [-0.15, -0.1) is 22.7 Å². The summed E-state index contributed by atoms with van der Waals surface area (Å²) in [6, 6.07) is 85.0. The maximum absolute atomic E-state index is 2.37. The second kappa shape index (κ2) is 16.0. The number of thiophene rings is 2. The Labute approximate surface area is 392 Å². The largest absolute Gasteiger partial charge is 0.311 e. The van der Waals surface area contributed by atoms with Gasteiger partial charge >= 0.3 is 0 Å². The van der Waals surface area contributed by atoms with Crippen molar-refractivity contribution < 1.29 is 0 Å². The van der Waals surface area contributed by atoms with Gasteiger partial charge in [0.2, 0.25) is 0 Å². The predicted octanol–water partition coefficient (Wildman–Crippen LogP) is 18.7. The van der Waals surface area contributed by atoms with E-state index in [2.05, 4.69) is 241 Å². The molecule has 1 aliphatic rings. The molecule has 0 saturated heterocycles. The van der Waals surface area contributed by atoms with Crippen molar-refractivity contribution in [2.75, 3.05) is 4.90 Å². The molecule has 66 heavy (non-hydrogen) atoms. The van der Waals surface area contributed by atoms with E-state index < -0.39 is 0 Å². The van der Waals surface area contributed by atoms with Crippen LogP contribution in [-0.4, -0.2) is 0 Å². The van der Waals surface area contributed by atoms with Crippen LogP contribution in [0.15, 0.2) is 231 Å². The van der Waals surface area contributed by atoms with Gasteiger partial charge in [0, 0.05) is 57.4 Å². The minimum Gasteiger partial charge on any atom is -0.311 e. The molecule has 1 aliphatic carbocycles. The molecule has 310 valence electrons. The van der Waals surface area contributed by atoms with E-state index in [1.165, 1.54) is 107 Å². The lowest BCUT2D eigenvalue weighted by Crippen LogP contribution is -2.10. The van der Waals surface area contributed by atoms with Crippen molar-refractivity contribution in [3.05, 3.63) is 247 Å². The van der Waals surface area contributed by atoms with Gasteiger partial charge < -0.3 is 4.90 Å². The van der Waals surface area contributed by atoms with Crippen LogP contribution in [0.5, 0.6) is 0 Å².